The molecule has 4 nitrogen and oxygen atoms in total. The predicted octanol–water partition coefficient (Wildman–Crippen LogP) is 2.79. The number of hydrogen-bond acceptors (Lipinski definition) is 3. The van der Waals surface area contributed by atoms with Gasteiger partial charge in [-0.25, -0.2) is 4.68 Å². The zero-order chi connectivity index (χ0) is 14.7. The van der Waals surface area contributed by atoms with E-state index in [1.54, 1.807) is 0 Å². The fourth-order valence-corrected chi connectivity index (χ4v) is 3.08. The molecule has 1 aliphatic rings. The average molecular weight is 321 g/mol. The molecule has 0 aliphatic carbocycles. The third kappa shape index (κ3) is 3.69. The van der Waals surface area contributed by atoms with Crippen LogP contribution < -0.4 is 5.32 Å². The molecule has 0 atom stereocenters. The highest BCUT2D eigenvalue weighted by Gasteiger charge is 2.19. The lowest BCUT2D eigenvalue weighted by molar-refractivity contribution is 0.191. The first-order chi connectivity index (χ1) is 10.3. The third-order valence-electron chi connectivity index (χ3n) is 4.45. The van der Waals surface area contributed by atoms with Crippen molar-refractivity contribution >= 4 is 12.4 Å². The minimum Gasteiger partial charge on any atom is -0.317 e. The van der Waals surface area contributed by atoms with Gasteiger partial charge in [-0.3, -0.25) is 4.90 Å². The van der Waals surface area contributed by atoms with Crippen LogP contribution in [0.25, 0.3) is 5.69 Å². The SMILES string of the molecule is CNC1CCN(Cc2ccnn2-c2ccccc2C)CC1.Cl. The van der Waals surface area contributed by atoms with Crippen LogP contribution in [-0.2, 0) is 6.54 Å². The summed E-state index contributed by atoms with van der Waals surface area (Å²) in [6, 6.07) is 11.2. The molecular formula is C17H25ClN4. The van der Waals surface area contributed by atoms with Crippen LogP contribution in [0.1, 0.15) is 24.1 Å². The van der Waals surface area contributed by atoms with Crippen LogP contribution >= 0.6 is 12.4 Å². The summed E-state index contributed by atoms with van der Waals surface area (Å²) >= 11 is 0. The second-order valence-electron chi connectivity index (χ2n) is 5.86. The van der Waals surface area contributed by atoms with Gasteiger partial charge in [-0.1, -0.05) is 18.2 Å². The summed E-state index contributed by atoms with van der Waals surface area (Å²) in [7, 11) is 2.06. The first-order valence-electron chi connectivity index (χ1n) is 7.76. The van der Waals surface area contributed by atoms with Crippen molar-refractivity contribution in [2.24, 2.45) is 0 Å². The number of rotatable bonds is 4. The van der Waals surface area contributed by atoms with E-state index in [-0.39, 0.29) is 12.4 Å². The van der Waals surface area contributed by atoms with Gasteiger partial charge in [-0.05, 0) is 44.5 Å². The minimum atomic E-state index is 0. The highest BCUT2D eigenvalue weighted by atomic mass is 35.5. The van der Waals surface area contributed by atoms with Gasteiger partial charge >= 0.3 is 0 Å². The van der Waals surface area contributed by atoms with Crippen molar-refractivity contribution in [1.82, 2.24) is 20.0 Å². The zero-order valence-corrected chi connectivity index (χ0v) is 14.1. The average Bonchev–Trinajstić information content (AvgIpc) is 2.96. The van der Waals surface area contributed by atoms with E-state index in [1.165, 1.54) is 29.8 Å². The van der Waals surface area contributed by atoms with Crippen molar-refractivity contribution in [3.8, 4) is 5.69 Å². The molecule has 0 unspecified atom stereocenters. The smallest absolute Gasteiger partial charge is 0.0678 e. The van der Waals surface area contributed by atoms with Crippen molar-refractivity contribution in [2.45, 2.75) is 32.4 Å². The van der Waals surface area contributed by atoms with Crippen LogP contribution in [0.3, 0.4) is 0 Å². The predicted molar refractivity (Wildman–Crippen MR) is 92.9 cm³/mol. The Kier molecular flexibility index (Phi) is 6.00. The molecule has 1 N–H and O–H groups in total. The molecule has 1 aromatic heterocycles. The molecule has 0 radical (unpaired) electrons. The Balaban J connectivity index is 0.00000176. The maximum atomic E-state index is 4.52. The van der Waals surface area contributed by atoms with Crippen molar-refractivity contribution in [3.05, 3.63) is 47.8 Å². The van der Waals surface area contributed by atoms with Crippen molar-refractivity contribution < 1.29 is 0 Å². The molecule has 0 bridgehead atoms. The van der Waals surface area contributed by atoms with E-state index in [2.05, 4.69) is 64.3 Å². The molecule has 5 heteroatoms. The van der Waals surface area contributed by atoms with Gasteiger partial charge in [0, 0.05) is 31.9 Å². The number of hydrogen-bond donors (Lipinski definition) is 1. The second-order valence-corrected chi connectivity index (χ2v) is 5.86. The Labute approximate surface area is 138 Å². The Morgan fingerprint density at radius 3 is 2.59 bits per heavy atom. The number of aryl methyl sites for hydroxylation is 1. The highest BCUT2D eigenvalue weighted by Crippen LogP contribution is 2.18. The summed E-state index contributed by atoms with van der Waals surface area (Å²) in [5.41, 5.74) is 3.71. The molecule has 0 spiro atoms. The molecule has 1 fully saturated rings. The Hall–Kier alpha value is -1.36. The third-order valence-corrected chi connectivity index (χ3v) is 4.45. The maximum Gasteiger partial charge on any atom is 0.0678 e. The number of likely N-dealkylation sites (tertiary alicyclic amines) is 1. The Morgan fingerprint density at radius 2 is 1.91 bits per heavy atom. The monoisotopic (exact) mass is 320 g/mol. The van der Waals surface area contributed by atoms with E-state index in [0.29, 0.717) is 6.04 Å². The normalized spacial score (nSPS) is 16.5. The number of halogens is 1. The molecule has 1 aliphatic heterocycles. The summed E-state index contributed by atoms with van der Waals surface area (Å²) in [5, 5.41) is 7.91. The number of piperidine rings is 1. The van der Waals surface area contributed by atoms with Gasteiger partial charge in [0.15, 0.2) is 0 Å². The van der Waals surface area contributed by atoms with Crippen LogP contribution in [0.2, 0.25) is 0 Å². The van der Waals surface area contributed by atoms with E-state index in [4.69, 9.17) is 0 Å². The van der Waals surface area contributed by atoms with Gasteiger partial charge in [0.05, 0.1) is 11.4 Å². The van der Waals surface area contributed by atoms with Gasteiger partial charge in [0.2, 0.25) is 0 Å². The molecule has 0 amide bonds. The van der Waals surface area contributed by atoms with E-state index in [1.807, 2.05) is 6.20 Å². The fourth-order valence-electron chi connectivity index (χ4n) is 3.08. The van der Waals surface area contributed by atoms with Crippen molar-refractivity contribution in [3.63, 3.8) is 0 Å². The molecule has 2 heterocycles. The topological polar surface area (TPSA) is 33.1 Å². The molecule has 3 rings (SSSR count). The van der Waals surface area contributed by atoms with Gasteiger partial charge < -0.3 is 5.32 Å². The second kappa shape index (κ2) is 7.77. The summed E-state index contributed by atoms with van der Waals surface area (Å²) in [6.07, 6.45) is 4.37. The maximum absolute atomic E-state index is 4.52. The first-order valence-corrected chi connectivity index (χ1v) is 7.76. The summed E-state index contributed by atoms with van der Waals surface area (Å²) in [5.74, 6) is 0. The van der Waals surface area contributed by atoms with Crippen LogP contribution in [0.15, 0.2) is 36.5 Å². The first kappa shape index (κ1) is 17.0. The van der Waals surface area contributed by atoms with Gasteiger partial charge in [0.1, 0.15) is 0 Å². The largest absolute Gasteiger partial charge is 0.317 e. The molecule has 1 saturated heterocycles. The van der Waals surface area contributed by atoms with Gasteiger partial charge in [-0.15, -0.1) is 12.4 Å². The standard InChI is InChI=1S/C17H24N4.ClH/c1-14-5-3-4-6-17(14)21-16(7-10-19-21)13-20-11-8-15(18-2)9-12-20;/h3-7,10,15,18H,8-9,11-13H2,1-2H3;1H. The van der Waals surface area contributed by atoms with E-state index in [0.717, 1.165) is 19.6 Å². The van der Waals surface area contributed by atoms with E-state index < -0.39 is 0 Å². The molecule has 1 aromatic carbocycles. The van der Waals surface area contributed by atoms with Crippen LogP contribution in [0, 0.1) is 6.92 Å². The van der Waals surface area contributed by atoms with Crippen LogP contribution in [0.5, 0.6) is 0 Å². The van der Waals surface area contributed by atoms with E-state index >= 15 is 0 Å². The summed E-state index contributed by atoms with van der Waals surface area (Å²) in [6.45, 7) is 5.43. The van der Waals surface area contributed by atoms with Gasteiger partial charge in [0.25, 0.3) is 0 Å². The van der Waals surface area contributed by atoms with Crippen molar-refractivity contribution in [2.75, 3.05) is 20.1 Å². The molecule has 120 valence electrons. The molecule has 22 heavy (non-hydrogen) atoms. The number of aromatic nitrogens is 2. The van der Waals surface area contributed by atoms with Crippen LogP contribution in [0.4, 0.5) is 0 Å². The Morgan fingerprint density at radius 1 is 1.18 bits per heavy atom. The molecular weight excluding hydrogens is 296 g/mol. The number of nitrogens with one attached hydrogen (secondary N) is 1. The zero-order valence-electron chi connectivity index (χ0n) is 13.3. The lowest BCUT2D eigenvalue weighted by atomic mass is 10.1. The number of para-hydroxylation sites is 1. The molecule has 0 saturated carbocycles. The van der Waals surface area contributed by atoms with Crippen molar-refractivity contribution in [1.29, 1.82) is 0 Å². The number of nitrogens with zero attached hydrogens (tertiary/aromatic N) is 3. The Bertz CT molecular complexity index is 588. The lowest BCUT2D eigenvalue weighted by Crippen LogP contribution is -2.41. The van der Waals surface area contributed by atoms with Crippen LogP contribution in [-0.4, -0.2) is 40.9 Å². The molecule has 2 aromatic rings. The van der Waals surface area contributed by atoms with Gasteiger partial charge in [-0.2, -0.15) is 5.10 Å². The lowest BCUT2D eigenvalue weighted by Gasteiger charge is -2.31. The quantitative estimate of drug-likeness (QED) is 0.940. The summed E-state index contributed by atoms with van der Waals surface area (Å²) < 4.78 is 2.08. The fraction of sp³-hybridized carbons (Fsp3) is 0.471. The summed E-state index contributed by atoms with van der Waals surface area (Å²) in [4.78, 5) is 2.53. The minimum absolute atomic E-state index is 0. The highest BCUT2D eigenvalue weighted by molar-refractivity contribution is 5.85. The van der Waals surface area contributed by atoms with E-state index in [9.17, 15) is 0 Å². The number of benzene rings is 1.